The quantitative estimate of drug-likeness (QED) is 0.458. The highest BCUT2D eigenvalue weighted by Crippen LogP contribution is 2.31. The lowest BCUT2D eigenvalue weighted by atomic mass is 10.00. The standard InChI is InChI=1S/C27H32FN3O4/c1-35-20-9-10-23-21(16-20)26(22(28)17-29-23)25(32)11-13-31-15-14-30(18-24(31)27(33)34)12-5-8-19-6-3-2-4-7-19/h2-4,6-7,9-10,16-17,24-25,32H,5,8,11-15,18H2,1H3,(H,33,34). The van der Waals surface area contributed by atoms with E-state index < -0.39 is 23.9 Å². The number of carboxylic acids is 1. The first-order chi connectivity index (χ1) is 17.0. The number of carbonyl (C=O) groups is 1. The van der Waals surface area contributed by atoms with Crippen molar-refractivity contribution in [3.8, 4) is 5.75 Å². The van der Waals surface area contributed by atoms with E-state index in [1.54, 1.807) is 18.2 Å². The number of ether oxygens (including phenoxy) is 1. The highest BCUT2D eigenvalue weighted by atomic mass is 19.1. The van der Waals surface area contributed by atoms with E-state index in [0.717, 1.165) is 32.1 Å². The third-order valence-corrected chi connectivity index (χ3v) is 6.73. The SMILES string of the molecule is COc1ccc2ncc(F)c(C(O)CCN3CCN(CCCc4ccccc4)CC3C(=O)O)c2c1. The zero-order valence-corrected chi connectivity index (χ0v) is 19.9. The lowest BCUT2D eigenvalue weighted by molar-refractivity contribution is -0.146. The summed E-state index contributed by atoms with van der Waals surface area (Å²) in [6.45, 7) is 2.97. The number of aromatic nitrogens is 1. The summed E-state index contributed by atoms with van der Waals surface area (Å²) >= 11 is 0. The van der Waals surface area contributed by atoms with Crippen molar-refractivity contribution in [3.63, 3.8) is 0 Å². The number of halogens is 1. The third kappa shape index (κ3) is 6.14. The molecule has 2 heterocycles. The van der Waals surface area contributed by atoms with Crippen LogP contribution in [0.4, 0.5) is 4.39 Å². The highest BCUT2D eigenvalue weighted by Gasteiger charge is 2.32. The number of methoxy groups -OCH3 is 1. The number of nitrogens with zero attached hydrogens (tertiary/aromatic N) is 3. The number of piperazine rings is 1. The van der Waals surface area contributed by atoms with Crippen LogP contribution in [0.1, 0.15) is 30.1 Å². The number of hydrogen-bond acceptors (Lipinski definition) is 6. The van der Waals surface area contributed by atoms with Gasteiger partial charge in [-0.05, 0) is 49.6 Å². The summed E-state index contributed by atoms with van der Waals surface area (Å²) in [5, 5.41) is 21.2. The minimum absolute atomic E-state index is 0.167. The molecule has 0 radical (unpaired) electrons. The van der Waals surface area contributed by atoms with E-state index in [2.05, 4.69) is 22.0 Å². The van der Waals surface area contributed by atoms with Gasteiger partial charge in [0.25, 0.3) is 0 Å². The van der Waals surface area contributed by atoms with Crippen LogP contribution in [-0.2, 0) is 11.2 Å². The molecule has 1 aliphatic heterocycles. The van der Waals surface area contributed by atoms with E-state index in [1.807, 2.05) is 23.1 Å². The summed E-state index contributed by atoms with van der Waals surface area (Å²) in [4.78, 5) is 20.2. The number of rotatable bonds is 10. The minimum atomic E-state index is -1.09. The first-order valence-corrected chi connectivity index (χ1v) is 12.0. The average Bonchev–Trinajstić information content (AvgIpc) is 2.87. The number of carboxylic acid groups (broad SMARTS) is 1. The second kappa shape index (κ2) is 11.6. The van der Waals surface area contributed by atoms with E-state index in [4.69, 9.17) is 4.74 Å². The Kier molecular flexibility index (Phi) is 8.28. The molecule has 2 unspecified atom stereocenters. The van der Waals surface area contributed by atoms with Crippen LogP contribution in [0.3, 0.4) is 0 Å². The summed E-state index contributed by atoms with van der Waals surface area (Å²) < 4.78 is 19.9. The molecular formula is C27H32FN3O4. The molecule has 1 fully saturated rings. The number of pyridine rings is 1. The van der Waals surface area contributed by atoms with Gasteiger partial charge in [-0.3, -0.25) is 19.6 Å². The minimum Gasteiger partial charge on any atom is -0.497 e. The number of aliphatic carboxylic acids is 1. The van der Waals surface area contributed by atoms with Crippen molar-refractivity contribution in [2.45, 2.75) is 31.4 Å². The Morgan fingerprint density at radius 2 is 2.00 bits per heavy atom. The van der Waals surface area contributed by atoms with Crippen LogP contribution in [0, 0.1) is 5.82 Å². The van der Waals surface area contributed by atoms with E-state index >= 15 is 0 Å². The molecular weight excluding hydrogens is 449 g/mol. The van der Waals surface area contributed by atoms with Crippen molar-refractivity contribution in [1.29, 1.82) is 0 Å². The largest absolute Gasteiger partial charge is 0.497 e. The number of fused-ring (bicyclic) bond motifs is 1. The van der Waals surface area contributed by atoms with Crippen LogP contribution in [0.2, 0.25) is 0 Å². The maximum atomic E-state index is 14.7. The fourth-order valence-electron chi connectivity index (χ4n) is 4.80. The van der Waals surface area contributed by atoms with Gasteiger partial charge in [-0.15, -0.1) is 0 Å². The molecule has 7 nitrogen and oxygen atoms in total. The van der Waals surface area contributed by atoms with Crippen LogP contribution >= 0.6 is 0 Å². The van der Waals surface area contributed by atoms with Gasteiger partial charge in [0, 0.05) is 37.1 Å². The first kappa shape index (κ1) is 25.0. The zero-order chi connectivity index (χ0) is 24.8. The molecule has 2 N–H and O–H groups in total. The molecule has 0 bridgehead atoms. The molecule has 1 saturated heterocycles. The Balaban J connectivity index is 1.37. The molecule has 1 aliphatic rings. The van der Waals surface area contributed by atoms with Crippen molar-refractivity contribution < 1.29 is 24.1 Å². The predicted molar refractivity (Wildman–Crippen MR) is 132 cm³/mol. The van der Waals surface area contributed by atoms with Gasteiger partial charge in [-0.1, -0.05) is 30.3 Å². The second-order valence-corrected chi connectivity index (χ2v) is 8.99. The molecule has 0 spiro atoms. The fourth-order valence-corrected chi connectivity index (χ4v) is 4.80. The van der Waals surface area contributed by atoms with E-state index in [-0.39, 0.29) is 12.0 Å². The fraction of sp³-hybridized carbons (Fsp3) is 0.407. The number of aliphatic hydroxyl groups excluding tert-OH is 1. The molecule has 0 amide bonds. The molecule has 0 aliphatic carbocycles. The van der Waals surface area contributed by atoms with Crippen molar-refractivity contribution in [3.05, 3.63) is 71.7 Å². The van der Waals surface area contributed by atoms with Crippen LogP contribution in [0.25, 0.3) is 10.9 Å². The molecule has 3 aromatic rings. The third-order valence-electron chi connectivity index (χ3n) is 6.73. The number of aryl methyl sites for hydroxylation is 1. The van der Waals surface area contributed by atoms with Gasteiger partial charge >= 0.3 is 5.97 Å². The first-order valence-electron chi connectivity index (χ1n) is 12.0. The topological polar surface area (TPSA) is 86.1 Å². The van der Waals surface area contributed by atoms with Crippen LogP contribution < -0.4 is 4.74 Å². The summed E-state index contributed by atoms with van der Waals surface area (Å²) in [6.07, 6.45) is 2.16. The molecule has 186 valence electrons. The smallest absolute Gasteiger partial charge is 0.322 e. The van der Waals surface area contributed by atoms with Crippen molar-refractivity contribution in [1.82, 2.24) is 14.8 Å². The van der Waals surface area contributed by atoms with Crippen LogP contribution in [0.5, 0.6) is 5.75 Å². The van der Waals surface area contributed by atoms with E-state index in [1.165, 1.54) is 12.7 Å². The Morgan fingerprint density at radius 3 is 2.74 bits per heavy atom. The van der Waals surface area contributed by atoms with E-state index in [9.17, 15) is 19.4 Å². The van der Waals surface area contributed by atoms with Gasteiger partial charge in [-0.25, -0.2) is 4.39 Å². The highest BCUT2D eigenvalue weighted by molar-refractivity contribution is 5.84. The zero-order valence-electron chi connectivity index (χ0n) is 19.9. The van der Waals surface area contributed by atoms with Crippen molar-refractivity contribution in [2.24, 2.45) is 0 Å². The number of hydrogen-bond donors (Lipinski definition) is 2. The molecule has 4 rings (SSSR count). The Morgan fingerprint density at radius 1 is 1.20 bits per heavy atom. The summed E-state index contributed by atoms with van der Waals surface area (Å²) in [6, 6.07) is 14.7. The van der Waals surface area contributed by atoms with Crippen LogP contribution in [0.15, 0.2) is 54.7 Å². The molecule has 1 aromatic heterocycles. The molecule has 2 atom stereocenters. The average molecular weight is 482 g/mol. The summed E-state index contributed by atoms with van der Waals surface area (Å²) in [7, 11) is 1.53. The van der Waals surface area contributed by atoms with Gasteiger partial charge in [0.1, 0.15) is 17.6 Å². The van der Waals surface area contributed by atoms with Gasteiger partial charge in [0.05, 0.1) is 24.9 Å². The second-order valence-electron chi connectivity index (χ2n) is 8.99. The predicted octanol–water partition coefficient (Wildman–Crippen LogP) is 3.51. The summed E-state index contributed by atoms with van der Waals surface area (Å²) in [5.41, 5.74) is 2.01. The molecule has 2 aromatic carbocycles. The Hall–Kier alpha value is -3.07. The Labute approximate surface area is 204 Å². The maximum absolute atomic E-state index is 14.7. The molecule has 35 heavy (non-hydrogen) atoms. The Bertz CT molecular complexity index is 1140. The number of aliphatic hydroxyl groups is 1. The van der Waals surface area contributed by atoms with Gasteiger partial charge in [0.15, 0.2) is 0 Å². The van der Waals surface area contributed by atoms with E-state index in [0.29, 0.717) is 36.3 Å². The summed E-state index contributed by atoms with van der Waals surface area (Å²) in [5.74, 6) is -0.915. The lowest BCUT2D eigenvalue weighted by Gasteiger charge is -2.39. The number of benzene rings is 2. The maximum Gasteiger partial charge on any atom is 0.322 e. The molecule has 0 saturated carbocycles. The van der Waals surface area contributed by atoms with Crippen LogP contribution in [-0.4, -0.2) is 76.8 Å². The van der Waals surface area contributed by atoms with Crippen molar-refractivity contribution >= 4 is 16.9 Å². The van der Waals surface area contributed by atoms with Gasteiger partial charge in [-0.2, -0.15) is 0 Å². The monoisotopic (exact) mass is 481 g/mol. The lowest BCUT2D eigenvalue weighted by Crippen LogP contribution is -2.56. The molecule has 8 heteroatoms. The van der Waals surface area contributed by atoms with Crippen molar-refractivity contribution in [2.75, 3.05) is 39.8 Å². The van der Waals surface area contributed by atoms with Gasteiger partial charge in [0.2, 0.25) is 0 Å². The van der Waals surface area contributed by atoms with Gasteiger partial charge < -0.3 is 14.9 Å². The normalized spacial score (nSPS) is 18.0.